The maximum atomic E-state index is 2.46. The van der Waals surface area contributed by atoms with Crippen LogP contribution in [0.3, 0.4) is 0 Å². The van der Waals surface area contributed by atoms with E-state index in [1.807, 2.05) is 0 Å². The number of fused-ring (bicyclic) bond motifs is 3. The average molecular weight is 700 g/mol. The van der Waals surface area contributed by atoms with E-state index in [0.717, 1.165) is 24.2 Å². The summed E-state index contributed by atoms with van der Waals surface area (Å²) < 4.78 is 0. The zero-order chi connectivity index (χ0) is 37.3. The topological polar surface area (TPSA) is 3.24 Å². The predicted octanol–water partition coefficient (Wildman–Crippen LogP) is 15.0. The Hall–Kier alpha value is -5.92. The number of para-hydroxylation sites is 2. The number of anilines is 3. The van der Waals surface area contributed by atoms with Gasteiger partial charge in [-0.15, -0.1) is 0 Å². The SMILES string of the molecule is CCC1(CC)c2cc(/C=C/c3ccc(-c4ccc(-c5ccccc5)c(C(C)(C)C)c4)cc3)ccc2-c2ccc(N(c3ccccc3)c3ccccc3)cc21. The molecule has 1 heteroatoms. The molecule has 0 spiro atoms. The van der Waals surface area contributed by atoms with Crippen LogP contribution in [-0.4, -0.2) is 0 Å². The second-order valence-corrected chi connectivity index (χ2v) is 15.7. The van der Waals surface area contributed by atoms with Gasteiger partial charge < -0.3 is 4.90 Å². The Morgan fingerprint density at radius 1 is 0.444 bits per heavy atom. The molecule has 7 aromatic carbocycles. The Labute approximate surface area is 322 Å². The predicted molar refractivity (Wildman–Crippen MR) is 233 cm³/mol. The van der Waals surface area contributed by atoms with Crippen molar-refractivity contribution < 1.29 is 0 Å². The fourth-order valence-corrected chi connectivity index (χ4v) is 8.55. The fourth-order valence-electron chi connectivity index (χ4n) is 8.55. The van der Waals surface area contributed by atoms with Crippen LogP contribution in [0.2, 0.25) is 0 Å². The lowest BCUT2D eigenvalue weighted by Gasteiger charge is -2.32. The Kier molecular flexibility index (Phi) is 9.42. The molecule has 0 aromatic heterocycles. The minimum atomic E-state index is -0.0484. The van der Waals surface area contributed by atoms with Crippen molar-refractivity contribution >= 4 is 29.2 Å². The number of hydrogen-bond donors (Lipinski definition) is 0. The number of benzene rings is 7. The highest BCUT2D eigenvalue weighted by molar-refractivity contribution is 5.87. The van der Waals surface area contributed by atoms with E-state index in [9.17, 15) is 0 Å². The first-order valence-corrected chi connectivity index (χ1v) is 19.5. The van der Waals surface area contributed by atoms with Gasteiger partial charge in [-0.1, -0.05) is 180 Å². The first-order chi connectivity index (χ1) is 26.3. The highest BCUT2D eigenvalue weighted by Crippen LogP contribution is 2.54. The van der Waals surface area contributed by atoms with Gasteiger partial charge in [-0.2, -0.15) is 0 Å². The molecule has 54 heavy (non-hydrogen) atoms. The van der Waals surface area contributed by atoms with Crippen molar-refractivity contribution in [2.24, 2.45) is 0 Å². The van der Waals surface area contributed by atoms with Crippen LogP contribution in [0.15, 0.2) is 170 Å². The normalized spacial score (nSPS) is 13.1. The van der Waals surface area contributed by atoms with Gasteiger partial charge in [-0.3, -0.25) is 0 Å². The molecular formula is C53H49N. The van der Waals surface area contributed by atoms with E-state index >= 15 is 0 Å². The van der Waals surface area contributed by atoms with Gasteiger partial charge in [0, 0.05) is 22.5 Å². The van der Waals surface area contributed by atoms with Crippen molar-refractivity contribution in [3.8, 4) is 33.4 Å². The van der Waals surface area contributed by atoms with Crippen LogP contribution < -0.4 is 4.90 Å². The molecular weight excluding hydrogens is 651 g/mol. The first kappa shape index (κ1) is 35.1. The average Bonchev–Trinajstić information content (AvgIpc) is 3.49. The lowest BCUT2D eigenvalue weighted by atomic mass is 9.73. The zero-order valence-corrected chi connectivity index (χ0v) is 32.2. The second kappa shape index (κ2) is 14.5. The van der Waals surface area contributed by atoms with Crippen molar-refractivity contribution in [2.75, 3.05) is 4.90 Å². The number of rotatable bonds is 9. The van der Waals surface area contributed by atoms with Crippen molar-refractivity contribution in [3.05, 3.63) is 198 Å². The van der Waals surface area contributed by atoms with E-state index in [1.54, 1.807) is 0 Å². The molecule has 1 aliphatic carbocycles. The summed E-state index contributed by atoms with van der Waals surface area (Å²) >= 11 is 0. The summed E-state index contributed by atoms with van der Waals surface area (Å²) in [5.74, 6) is 0. The fraction of sp³-hybridized carbons (Fsp3) is 0.170. The first-order valence-electron chi connectivity index (χ1n) is 19.5. The van der Waals surface area contributed by atoms with E-state index in [1.165, 1.54) is 66.9 Å². The number of nitrogens with zero attached hydrogens (tertiary/aromatic N) is 1. The maximum absolute atomic E-state index is 2.46. The monoisotopic (exact) mass is 699 g/mol. The summed E-state index contributed by atoms with van der Waals surface area (Å²) in [6.07, 6.45) is 6.61. The highest BCUT2D eigenvalue weighted by Gasteiger charge is 2.41. The quantitative estimate of drug-likeness (QED) is 0.136. The van der Waals surface area contributed by atoms with E-state index < -0.39 is 0 Å². The summed E-state index contributed by atoms with van der Waals surface area (Å²) in [7, 11) is 0. The van der Waals surface area contributed by atoms with Gasteiger partial charge in [0.2, 0.25) is 0 Å². The molecule has 0 fully saturated rings. The van der Waals surface area contributed by atoms with Gasteiger partial charge in [0.25, 0.3) is 0 Å². The largest absolute Gasteiger partial charge is 0.310 e. The number of hydrogen-bond acceptors (Lipinski definition) is 1. The van der Waals surface area contributed by atoms with Crippen molar-refractivity contribution in [3.63, 3.8) is 0 Å². The molecule has 0 N–H and O–H groups in total. The Bertz CT molecular complexity index is 2370. The third-order valence-electron chi connectivity index (χ3n) is 11.5. The molecule has 1 aliphatic rings. The van der Waals surface area contributed by atoms with E-state index in [4.69, 9.17) is 0 Å². The maximum Gasteiger partial charge on any atom is 0.0465 e. The molecule has 1 nitrogen and oxygen atoms in total. The lowest BCUT2D eigenvalue weighted by molar-refractivity contribution is 0.490. The molecule has 0 atom stereocenters. The van der Waals surface area contributed by atoms with Crippen LogP contribution in [0.25, 0.3) is 45.5 Å². The molecule has 266 valence electrons. The zero-order valence-electron chi connectivity index (χ0n) is 32.2. The van der Waals surface area contributed by atoms with Crippen LogP contribution in [0, 0.1) is 0 Å². The van der Waals surface area contributed by atoms with Crippen LogP contribution in [-0.2, 0) is 10.8 Å². The van der Waals surface area contributed by atoms with Gasteiger partial charge >= 0.3 is 0 Å². The smallest absolute Gasteiger partial charge is 0.0465 e. The van der Waals surface area contributed by atoms with Gasteiger partial charge in [0.1, 0.15) is 0 Å². The Balaban J connectivity index is 1.08. The molecule has 0 heterocycles. The standard InChI is InChI=1S/C53H49N/c1-6-53(7-2)50-35-39(24-23-38-25-28-40(29-26-38)42-30-33-46(41-17-11-8-12-18-41)49(36-42)52(3,4)5)27-32-47(50)48-34-31-45(37-51(48)53)54(43-19-13-9-14-20-43)44-21-15-10-16-22-44/h8-37H,6-7H2,1-5H3/b24-23+. The highest BCUT2D eigenvalue weighted by atomic mass is 15.1. The van der Waals surface area contributed by atoms with E-state index in [2.05, 4.69) is 222 Å². The second-order valence-electron chi connectivity index (χ2n) is 15.7. The summed E-state index contributed by atoms with van der Waals surface area (Å²) in [5, 5.41) is 0. The minimum absolute atomic E-state index is 0.0290. The van der Waals surface area contributed by atoms with E-state index in [0.29, 0.717) is 0 Å². The van der Waals surface area contributed by atoms with Gasteiger partial charge in [-0.25, -0.2) is 0 Å². The molecule has 0 aliphatic heterocycles. The van der Waals surface area contributed by atoms with Crippen LogP contribution >= 0.6 is 0 Å². The lowest BCUT2D eigenvalue weighted by Crippen LogP contribution is -2.23. The minimum Gasteiger partial charge on any atom is -0.310 e. The van der Waals surface area contributed by atoms with Gasteiger partial charge in [0.05, 0.1) is 0 Å². The van der Waals surface area contributed by atoms with Crippen LogP contribution in [0.1, 0.15) is 75.3 Å². The van der Waals surface area contributed by atoms with Gasteiger partial charge in [-0.05, 0) is 116 Å². The summed E-state index contributed by atoms with van der Waals surface area (Å²) in [6.45, 7) is 11.6. The van der Waals surface area contributed by atoms with Crippen molar-refractivity contribution in [2.45, 2.75) is 58.3 Å². The molecule has 0 saturated carbocycles. The summed E-state index contributed by atoms with van der Waals surface area (Å²) in [4.78, 5) is 2.38. The van der Waals surface area contributed by atoms with Crippen molar-refractivity contribution in [1.29, 1.82) is 0 Å². The Morgan fingerprint density at radius 2 is 0.944 bits per heavy atom. The molecule has 7 aromatic rings. The molecule has 0 unspecified atom stereocenters. The summed E-state index contributed by atoms with van der Waals surface area (Å²) in [5.41, 5.74) is 17.9. The molecule has 0 bridgehead atoms. The van der Waals surface area contributed by atoms with Gasteiger partial charge in [0.15, 0.2) is 0 Å². The molecule has 8 rings (SSSR count). The van der Waals surface area contributed by atoms with Crippen molar-refractivity contribution in [1.82, 2.24) is 0 Å². The third-order valence-corrected chi connectivity index (χ3v) is 11.5. The summed E-state index contributed by atoms with van der Waals surface area (Å²) in [6, 6.07) is 62.3. The molecule has 0 amide bonds. The van der Waals surface area contributed by atoms with E-state index in [-0.39, 0.29) is 10.8 Å². The molecule has 0 saturated heterocycles. The third kappa shape index (κ3) is 6.49. The van der Waals surface area contributed by atoms with Crippen LogP contribution in [0.5, 0.6) is 0 Å². The molecule has 0 radical (unpaired) electrons. The Morgan fingerprint density at radius 3 is 1.54 bits per heavy atom. The van der Waals surface area contributed by atoms with Crippen LogP contribution in [0.4, 0.5) is 17.1 Å².